The molecule has 0 aliphatic carbocycles. The number of benzene rings is 1. The van der Waals surface area contributed by atoms with Crippen LogP contribution in [-0.4, -0.2) is 10.5 Å². The van der Waals surface area contributed by atoms with E-state index < -0.39 is 0 Å². The molecule has 0 bridgehead atoms. The van der Waals surface area contributed by atoms with Crippen LogP contribution >= 0.6 is 15.9 Å². The zero-order chi connectivity index (χ0) is 14.9. The van der Waals surface area contributed by atoms with Gasteiger partial charge < -0.3 is 9.88 Å². The van der Waals surface area contributed by atoms with Crippen LogP contribution in [0.2, 0.25) is 0 Å². The van der Waals surface area contributed by atoms with Crippen LogP contribution in [0.5, 0.6) is 0 Å². The molecule has 106 valence electrons. The molecule has 0 aliphatic heterocycles. The van der Waals surface area contributed by atoms with Gasteiger partial charge in [-0.25, -0.2) is 4.39 Å². The molecule has 2 rings (SSSR count). The SMILES string of the molecule is Cc1cc(F)ccc1NC(=O)c1cc(Br)cn1C(C)C. The average molecular weight is 339 g/mol. The van der Waals surface area contributed by atoms with E-state index in [1.807, 2.05) is 24.6 Å². The highest BCUT2D eigenvalue weighted by atomic mass is 79.9. The van der Waals surface area contributed by atoms with Crippen LogP contribution in [0.3, 0.4) is 0 Å². The lowest BCUT2D eigenvalue weighted by atomic mass is 10.2. The number of hydrogen-bond acceptors (Lipinski definition) is 1. The minimum absolute atomic E-state index is 0.177. The quantitative estimate of drug-likeness (QED) is 0.876. The summed E-state index contributed by atoms with van der Waals surface area (Å²) in [5.41, 5.74) is 1.87. The molecule has 1 N–H and O–H groups in total. The lowest BCUT2D eigenvalue weighted by molar-refractivity contribution is 0.101. The van der Waals surface area contributed by atoms with E-state index in [1.54, 1.807) is 19.1 Å². The first-order chi connectivity index (χ1) is 9.38. The third kappa shape index (κ3) is 3.10. The van der Waals surface area contributed by atoms with Crippen molar-refractivity contribution in [3.8, 4) is 0 Å². The second-order valence-corrected chi connectivity index (χ2v) is 5.87. The van der Waals surface area contributed by atoms with E-state index in [0.717, 1.165) is 4.47 Å². The molecule has 20 heavy (non-hydrogen) atoms. The zero-order valence-corrected chi connectivity index (χ0v) is 13.2. The van der Waals surface area contributed by atoms with Gasteiger partial charge in [0.2, 0.25) is 0 Å². The predicted molar refractivity (Wildman–Crippen MR) is 81.6 cm³/mol. The van der Waals surface area contributed by atoms with Crippen molar-refractivity contribution >= 4 is 27.5 Å². The van der Waals surface area contributed by atoms with Crippen molar-refractivity contribution in [1.82, 2.24) is 4.57 Å². The summed E-state index contributed by atoms with van der Waals surface area (Å²) >= 11 is 3.38. The number of hydrogen-bond donors (Lipinski definition) is 1. The van der Waals surface area contributed by atoms with Crippen LogP contribution in [0.4, 0.5) is 10.1 Å². The number of aromatic nitrogens is 1. The fourth-order valence-electron chi connectivity index (χ4n) is 2.01. The van der Waals surface area contributed by atoms with Gasteiger partial charge in [-0.15, -0.1) is 0 Å². The number of carbonyl (C=O) groups excluding carboxylic acids is 1. The van der Waals surface area contributed by atoms with Gasteiger partial charge in [0.15, 0.2) is 0 Å². The number of carbonyl (C=O) groups is 1. The van der Waals surface area contributed by atoms with E-state index in [4.69, 9.17) is 0 Å². The first kappa shape index (κ1) is 14.8. The molecule has 0 atom stereocenters. The van der Waals surface area contributed by atoms with Crippen molar-refractivity contribution in [3.63, 3.8) is 0 Å². The third-order valence-corrected chi connectivity index (χ3v) is 3.47. The Balaban J connectivity index is 2.28. The summed E-state index contributed by atoms with van der Waals surface area (Å²) < 4.78 is 15.8. The van der Waals surface area contributed by atoms with Crippen molar-refractivity contribution in [2.24, 2.45) is 0 Å². The summed E-state index contributed by atoms with van der Waals surface area (Å²) in [6, 6.07) is 6.25. The molecule has 1 amide bonds. The molecule has 0 saturated carbocycles. The molecule has 0 aliphatic rings. The lowest BCUT2D eigenvalue weighted by Crippen LogP contribution is -2.18. The van der Waals surface area contributed by atoms with Crippen LogP contribution < -0.4 is 5.32 Å². The molecule has 3 nitrogen and oxygen atoms in total. The first-order valence-corrected chi connectivity index (χ1v) is 7.12. The Morgan fingerprint density at radius 3 is 2.65 bits per heavy atom. The van der Waals surface area contributed by atoms with Gasteiger partial charge in [-0.1, -0.05) is 0 Å². The summed E-state index contributed by atoms with van der Waals surface area (Å²) in [4.78, 5) is 12.3. The van der Waals surface area contributed by atoms with E-state index >= 15 is 0 Å². The maximum Gasteiger partial charge on any atom is 0.272 e. The monoisotopic (exact) mass is 338 g/mol. The number of halogens is 2. The summed E-state index contributed by atoms with van der Waals surface area (Å²) in [6.45, 7) is 5.77. The molecule has 2 aromatic rings. The maximum atomic E-state index is 13.1. The van der Waals surface area contributed by atoms with Gasteiger partial charge in [-0.05, 0) is 66.5 Å². The normalized spacial score (nSPS) is 10.9. The number of amides is 1. The van der Waals surface area contributed by atoms with Crippen molar-refractivity contribution in [2.75, 3.05) is 5.32 Å². The molecule has 1 aromatic carbocycles. The topological polar surface area (TPSA) is 34.0 Å². The zero-order valence-electron chi connectivity index (χ0n) is 11.6. The van der Waals surface area contributed by atoms with E-state index in [-0.39, 0.29) is 17.8 Å². The molecule has 5 heteroatoms. The van der Waals surface area contributed by atoms with Crippen LogP contribution in [-0.2, 0) is 0 Å². The van der Waals surface area contributed by atoms with E-state index in [0.29, 0.717) is 16.9 Å². The van der Waals surface area contributed by atoms with Crippen molar-refractivity contribution < 1.29 is 9.18 Å². The van der Waals surface area contributed by atoms with Gasteiger partial charge in [0.05, 0.1) is 0 Å². The number of nitrogens with zero attached hydrogens (tertiary/aromatic N) is 1. The number of aryl methyl sites for hydroxylation is 1. The van der Waals surface area contributed by atoms with Gasteiger partial charge in [0.25, 0.3) is 5.91 Å². The van der Waals surface area contributed by atoms with Gasteiger partial charge in [-0.3, -0.25) is 4.79 Å². The summed E-state index contributed by atoms with van der Waals surface area (Å²) in [5, 5.41) is 2.82. The Kier molecular flexibility index (Phi) is 4.28. The Morgan fingerprint density at radius 1 is 1.35 bits per heavy atom. The summed E-state index contributed by atoms with van der Waals surface area (Å²) in [6.07, 6.45) is 1.87. The first-order valence-electron chi connectivity index (χ1n) is 6.33. The van der Waals surface area contributed by atoms with Gasteiger partial charge in [-0.2, -0.15) is 0 Å². The number of anilines is 1. The maximum absolute atomic E-state index is 13.1. The molecule has 0 unspecified atom stereocenters. The Hall–Kier alpha value is -1.62. The van der Waals surface area contributed by atoms with Crippen LogP contribution in [0.1, 0.15) is 35.9 Å². The Labute approximate surface area is 125 Å². The molecular formula is C15H16BrFN2O. The van der Waals surface area contributed by atoms with Gasteiger partial charge in [0.1, 0.15) is 11.5 Å². The Morgan fingerprint density at radius 2 is 2.05 bits per heavy atom. The summed E-state index contributed by atoms with van der Waals surface area (Å²) in [5.74, 6) is -0.520. The average Bonchev–Trinajstić information content (AvgIpc) is 2.75. The standard InChI is InChI=1S/C15H16BrFN2O/c1-9(2)19-8-11(16)7-14(19)15(20)18-13-5-4-12(17)6-10(13)3/h4-9H,1-3H3,(H,18,20). The summed E-state index contributed by atoms with van der Waals surface area (Å²) in [7, 11) is 0. The van der Waals surface area contributed by atoms with E-state index in [9.17, 15) is 9.18 Å². The largest absolute Gasteiger partial charge is 0.340 e. The molecule has 0 radical (unpaired) electrons. The fourth-order valence-corrected chi connectivity index (χ4v) is 2.45. The molecule has 1 aromatic heterocycles. The molecule has 0 fully saturated rings. The third-order valence-electron chi connectivity index (χ3n) is 3.04. The molecule has 0 saturated heterocycles. The number of nitrogens with one attached hydrogen (secondary N) is 1. The van der Waals surface area contributed by atoms with Crippen LogP contribution in [0.25, 0.3) is 0 Å². The van der Waals surface area contributed by atoms with Gasteiger partial charge in [0, 0.05) is 22.4 Å². The predicted octanol–water partition coefficient (Wildman–Crippen LogP) is 4.53. The van der Waals surface area contributed by atoms with Gasteiger partial charge >= 0.3 is 0 Å². The second-order valence-electron chi connectivity index (χ2n) is 4.96. The molecular weight excluding hydrogens is 323 g/mol. The van der Waals surface area contributed by atoms with Crippen molar-refractivity contribution in [3.05, 3.63) is 52.0 Å². The smallest absolute Gasteiger partial charge is 0.272 e. The minimum atomic E-state index is -0.311. The van der Waals surface area contributed by atoms with Crippen molar-refractivity contribution in [2.45, 2.75) is 26.8 Å². The molecule has 0 spiro atoms. The fraction of sp³-hybridized carbons (Fsp3) is 0.267. The highest BCUT2D eigenvalue weighted by molar-refractivity contribution is 9.10. The van der Waals surface area contributed by atoms with Crippen molar-refractivity contribution in [1.29, 1.82) is 0 Å². The highest BCUT2D eigenvalue weighted by Crippen LogP contribution is 2.22. The van der Waals surface area contributed by atoms with E-state index in [1.165, 1.54) is 12.1 Å². The molecule has 1 heterocycles. The minimum Gasteiger partial charge on any atom is -0.340 e. The highest BCUT2D eigenvalue weighted by Gasteiger charge is 2.15. The van der Waals surface area contributed by atoms with Crippen LogP contribution in [0.15, 0.2) is 34.9 Å². The van der Waals surface area contributed by atoms with Crippen LogP contribution in [0, 0.1) is 12.7 Å². The Bertz CT molecular complexity index is 649. The second kappa shape index (κ2) is 5.79. The lowest BCUT2D eigenvalue weighted by Gasteiger charge is -2.13. The van der Waals surface area contributed by atoms with E-state index in [2.05, 4.69) is 21.2 Å². The number of rotatable bonds is 3.